The van der Waals surface area contributed by atoms with Crippen molar-refractivity contribution in [3.63, 3.8) is 0 Å². The van der Waals surface area contributed by atoms with Crippen molar-refractivity contribution < 1.29 is 33.6 Å². The first kappa shape index (κ1) is 32.8. The summed E-state index contributed by atoms with van der Waals surface area (Å²) in [6, 6.07) is 12.7. The highest BCUT2D eigenvalue weighted by Gasteiger charge is 2.30. The fraction of sp³-hybridized carbons (Fsp3) is 0.323. The molecule has 236 valence electrons. The fourth-order valence-corrected chi connectivity index (χ4v) is 5.96. The first-order chi connectivity index (χ1) is 21.6. The molecular formula is C31H33N5O8S. The zero-order chi connectivity index (χ0) is 32.5. The van der Waals surface area contributed by atoms with Crippen molar-refractivity contribution in [3.05, 3.63) is 96.7 Å². The summed E-state index contributed by atoms with van der Waals surface area (Å²) in [6.07, 6.45) is 0.0881. The maximum atomic E-state index is 13.9. The molecule has 3 aromatic rings. The Balaban J connectivity index is 1.50. The van der Waals surface area contributed by atoms with E-state index in [2.05, 4.69) is 10.6 Å². The van der Waals surface area contributed by atoms with E-state index in [9.17, 15) is 29.3 Å². The lowest BCUT2D eigenvalue weighted by atomic mass is 10.0. The Labute approximate surface area is 263 Å². The van der Waals surface area contributed by atoms with Crippen LogP contribution in [0.15, 0.2) is 54.6 Å². The average Bonchev–Trinajstić information content (AvgIpc) is 3.42. The number of alkyl carbamates (subject to hydrolysis) is 1. The Morgan fingerprint density at radius 3 is 2.33 bits per heavy atom. The van der Waals surface area contributed by atoms with Gasteiger partial charge in [0, 0.05) is 52.5 Å². The molecule has 0 fully saturated rings. The molecule has 1 aliphatic heterocycles. The van der Waals surface area contributed by atoms with E-state index in [1.807, 2.05) is 6.07 Å². The molecule has 0 saturated heterocycles. The molecule has 13 nitrogen and oxygen atoms in total. The van der Waals surface area contributed by atoms with Crippen molar-refractivity contribution in [2.24, 2.45) is 0 Å². The van der Waals surface area contributed by atoms with Gasteiger partial charge in [-0.15, -0.1) is 11.3 Å². The van der Waals surface area contributed by atoms with Gasteiger partial charge in [-0.25, -0.2) is 4.79 Å². The van der Waals surface area contributed by atoms with E-state index in [-0.39, 0.29) is 48.4 Å². The number of hydrogen-bond acceptors (Lipinski definition) is 10. The monoisotopic (exact) mass is 635 g/mol. The van der Waals surface area contributed by atoms with Crippen molar-refractivity contribution in [3.8, 4) is 0 Å². The number of fused-ring (bicyclic) bond motifs is 1. The van der Waals surface area contributed by atoms with Gasteiger partial charge in [-0.05, 0) is 49.6 Å². The summed E-state index contributed by atoms with van der Waals surface area (Å²) in [7, 11) is 0. The Kier molecular flexibility index (Phi) is 11.0. The van der Waals surface area contributed by atoms with Crippen LogP contribution in [0.4, 0.5) is 10.5 Å². The number of benzene rings is 2. The highest BCUT2D eigenvalue weighted by Crippen LogP contribution is 2.29. The molecule has 3 amide bonds. The third-order valence-corrected chi connectivity index (χ3v) is 8.22. The van der Waals surface area contributed by atoms with Gasteiger partial charge in [-0.1, -0.05) is 24.3 Å². The number of amides is 3. The zero-order valence-electron chi connectivity index (χ0n) is 24.8. The highest BCUT2D eigenvalue weighted by atomic mass is 32.1. The van der Waals surface area contributed by atoms with Gasteiger partial charge in [0.15, 0.2) is 0 Å². The number of amidine groups is 1. The molecule has 4 rings (SSSR count). The van der Waals surface area contributed by atoms with Crippen LogP contribution in [0.2, 0.25) is 0 Å². The summed E-state index contributed by atoms with van der Waals surface area (Å²) in [6.45, 7) is 4.58. The van der Waals surface area contributed by atoms with Crippen molar-refractivity contribution in [2.45, 2.75) is 45.7 Å². The average molecular weight is 636 g/mol. The van der Waals surface area contributed by atoms with Gasteiger partial charge in [0.25, 0.3) is 11.6 Å². The smallest absolute Gasteiger partial charge is 0.412 e. The van der Waals surface area contributed by atoms with Crippen LogP contribution in [-0.2, 0) is 44.9 Å². The number of hydrogen-bond donors (Lipinski definition) is 3. The summed E-state index contributed by atoms with van der Waals surface area (Å²) in [5.41, 5.74) is 2.05. The molecule has 2 aromatic carbocycles. The summed E-state index contributed by atoms with van der Waals surface area (Å²) in [4.78, 5) is 65.0. The number of rotatable bonds is 11. The number of nitro groups is 1. The fourth-order valence-electron chi connectivity index (χ4n) is 4.81. The van der Waals surface area contributed by atoms with Crippen LogP contribution >= 0.6 is 11.3 Å². The number of nitrogens with one attached hydrogen (secondary N) is 3. The molecule has 1 aliphatic rings. The van der Waals surface area contributed by atoms with Gasteiger partial charge in [-0.3, -0.25) is 35.2 Å². The van der Waals surface area contributed by atoms with Crippen LogP contribution in [-0.4, -0.2) is 65.3 Å². The standard InChI is InChI=1S/C31H33N5O8S/c1-3-43-27(37)17-24-16-22-18-35(14-13-26(22)45-24)30(39)25(15-19-5-11-23(12-6-19)36(41)42)33-29(38)21-9-7-20(8-10-21)28(32)34-31(40)44-4-2/h5-12,16,25H,3-4,13-15,17-18H2,1-2H3,(H,33,38)(H2,32,34,40)/t25-/m0/s1. The summed E-state index contributed by atoms with van der Waals surface area (Å²) < 4.78 is 9.84. The van der Waals surface area contributed by atoms with Crippen molar-refractivity contribution in [1.29, 1.82) is 5.41 Å². The summed E-state index contributed by atoms with van der Waals surface area (Å²) in [5.74, 6) is -1.36. The highest BCUT2D eigenvalue weighted by molar-refractivity contribution is 7.12. The Hall–Kier alpha value is -5.11. The molecule has 14 heteroatoms. The van der Waals surface area contributed by atoms with Crippen LogP contribution in [0, 0.1) is 15.5 Å². The first-order valence-electron chi connectivity index (χ1n) is 14.3. The minimum Gasteiger partial charge on any atom is -0.466 e. The van der Waals surface area contributed by atoms with Crippen LogP contribution in [0.1, 0.15) is 50.7 Å². The Morgan fingerprint density at radius 2 is 1.69 bits per heavy atom. The van der Waals surface area contributed by atoms with Crippen LogP contribution in [0.3, 0.4) is 0 Å². The predicted molar refractivity (Wildman–Crippen MR) is 165 cm³/mol. The number of thiophene rings is 1. The second-order valence-electron chi connectivity index (χ2n) is 10.1. The molecule has 0 saturated carbocycles. The van der Waals surface area contributed by atoms with Crippen LogP contribution < -0.4 is 10.6 Å². The van der Waals surface area contributed by atoms with E-state index in [0.717, 1.165) is 15.3 Å². The SMILES string of the molecule is CCOC(=O)Cc1cc2c(s1)CCN(C(=O)[C@H](Cc1ccc([N+](=O)[O-])cc1)NC(=O)c1ccc(C(=N)NC(=O)OCC)cc1)C2. The topological polar surface area (TPSA) is 181 Å². The van der Waals surface area contributed by atoms with Gasteiger partial charge in [0.1, 0.15) is 11.9 Å². The normalized spacial score (nSPS) is 12.8. The third kappa shape index (κ3) is 8.72. The van der Waals surface area contributed by atoms with Crippen molar-refractivity contribution in [1.82, 2.24) is 15.5 Å². The first-order valence-corrected chi connectivity index (χ1v) is 15.1. The van der Waals surface area contributed by atoms with E-state index in [4.69, 9.17) is 14.9 Å². The number of nitro benzene ring substituents is 1. The lowest BCUT2D eigenvalue weighted by Gasteiger charge is -2.31. The largest absolute Gasteiger partial charge is 0.466 e. The lowest BCUT2D eigenvalue weighted by Crippen LogP contribution is -2.50. The summed E-state index contributed by atoms with van der Waals surface area (Å²) >= 11 is 1.53. The maximum absolute atomic E-state index is 13.9. The molecule has 0 spiro atoms. The number of carbonyl (C=O) groups is 4. The predicted octanol–water partition coefficient (Wildman–Crippen LogP) is 3.76. The van der Waals surface area contributed by atoms with E-state index in [1.54, 1.807) is 30.9 Å². The summed E-state index contributed by atoms with van der Waals surface area (Å²) in [5, 5.41) is 24.3. The second-order valence-corrected chi connectivity index (χ2v) is 11.3. The minimum absolute atomic E-state index is 0.0894. The van der Waals surface area contributed by atoms with Gasteiger partial charge in [0.05, 0.1) is 24.6 Å². The lowest BCUT2D eigenvalue weighted by molar-refractivity contribution is -0.384. The Bertz CT molecular complexity index is 1590. The van der Waals surface area contributed by atoms with E-state index >= 15 is 0 Å². The van der Waals surface area contributed by atoms with E-state index in [1.165, 1.54) is 47.7 Å². The molecule has 45 heavy (non-hydrogen) atoms. The van der Waals surface area contributed by atoms with Gasteiger partial charge in [0.2, 0.25) is 5.91 Å². The second kappa shape index (κ2) is 15.1. The number of ether oxygens (including phenoxy) is 2. The molecule has 1 atom stereocenters. The van der Waals surface area contributed by atoms with Gasteiger partial charge >= 0.3 is 12.1 Å². The maximum Gasteiger partial charge on any atom is 0.412 e. The molecule has 1 aromatic heterocycles. The molecule has 0 aliphatic carbocycles. The number of carbonyl (C=O) groups excluding carboxylic acids is 4. The minimum atomic E-state index is -0.985. The van der Waals surface area contributed by atoms with Gasteiger partial charge in [-0.2, -0.15) is 0 Å². The number of nitrogens with zero attached hydrogens (tertiary/aromatic N) is 2. The number of esters is 1. The molecule has 0 unspecified atom stereocenters. The molecule has 3 N–H and O–H groups in total. The van der Waals surface area contributed by atoms with Gasteiger partial charge < -0.3 is 19.7 Å². The third-order valence-electron chi connectivity index (χ3n) is 6.98. The number of non-ortho nitro benzene ring substituents is 1. The van der Waals surface area contributed by atoms with E-state index in [0.29, 0.717) is 37.2 Å². The van der Waals surface area contributed by atoms with E-state index < -0.39 is 23.0 Å². The molecule has 0 bridgehead atoms. The molecule has 0 radical (unpaired) electrons. The molecule has 2 heterocycles. The Morgan fingerprint density at radius 1 is 1.02 bits per heavy atom. The van der Waals surface area contributed by atoms with Crippen LogP contribution in [0.5, 0.6) is 0 Å². The zero-order valence-corrected chi connectivity index (χ0v) is 25.6. The van der Waals surface area contributed by atoms with Crippen molar-refractivity contribution >= 4 is 46.7 Å². The molecular weight excluding hydrogens is 602 g/mol. The quantitative estimate of drug-likeness (QED) is 0.0936. The van der Waals surface area contributed by atoms with Crippen LogP contribution in [0.25, 0.3) is 0 Å². The van der Waals surface area contributed by atoms with Crippen molar-refractivity contribution in [2.75, 3.05) is 19.8 Å².